The van der Waals surface area contributed by atoms with Gasteiger partial charge in [0.25, 0.3) is 0 Å². The molecule has 0 aliphatic heterocycles. The zero-order valence-corrected chi connectivity index (χ0v) is 8.61. The van der Waals surface area contributed by atoms with Gasteiger partial charge in [0.15, 0.2) is 11.6 Å². The normalized spacial score (nSPS) is 12.2. The van der Waals surface area contributed by atoms with Crippen LogP contribution in [0, 0.1) is 0 Å². The number of alkyl halides is 1. The van der Waals surface area contributed by atoms with E-state index >= 15 is 0 Å². The first-order valence-corrected chi connectivity index (χ1v) is 4.63. The molecule has 0 amide bonds. The summed E-state index contributed by atoms with van der Waals surface area (Å²) in [5, 5.41) is 0. The summed E-state index contributed by atoms with van der Waals surface area (Å²) in [6.07, 6.45) is 3.04. The van der Waals surface area contributed by atoms with Gasteiger partial charge in [-0.15, -0.1) is 0 Å². The van der Waals surface area contributed by atoms with Crippen LogP contribution in [0.15, 0.2) is 24.5 Å². The van der Waals surface area contributed by atoms with Crippen LogP contribution < -0.4 is 0 Å². The molecule has 4 heteroatoms. The summed E-state index contributed by atoms with van der Waals surface area (Å²) < 4.78 is 0. The standard InChI is InChI=1S/C9H8BrNO2/c1-6(12)8(10)9(13)7-2-4-11-5-3-7/h2-5,8H,1H3. The maximum atomic E-state index is 11.5. The van der Waals surface area contributed by atoms with Crippen LogP contribution in [-0.4, -0.2) is 21.4 Å². The van der Waals surface area contributed by atoms with Crippen LogP contribution >= 0.6 is 15.9 Å². The van der Waals surface area contributed by atoms with E-state index in [9.17, 15) is 9.59 Å². The number of aromatic nitrogens is 1. The molecule has 0 N–H and O–H groups in total. The van der Waals surface area contributed by atoms with Gasteiger partial charge < -0.3 is 0 Å². The Morgan fingerprint density at radius 3 is 2.38 bits per heavy atom. The molecule has 1 atom stereocenters. The highest BCUT2D eigenvalue weighted by atomic mass is 79.9. The Labute approximate surface area is 84.3 Å². The minimum absolute atomic E-state index is 0.193. The summed E-state index contributed by atoms with van der Waals surface area (Å²) in [5.74, 6) is -0.420. The fourth-order valence-electron chi connectivity index (χ4n) is 0.847. The Bertz CT molecular complexity index is 324. The first-order valence-electron chi connectivity index (χ1n) is 3.71. The van der Waals surface area contributed by atoms with Gasteiger partial charge in [-0.05, 0) is 19.1 Å². The first kappa shape index (κ1) is 10.1. The van der Waals surface area contributed by atoms with Gasteiger partial charge in [0.1, 0.15) is 4.83 Å². The average molecular weight is 242 g/mol. The van der Waals surface area contributed by atoms with Crippen molar-refractivity contribution in [1.29, 1.82) is 0 Å². The van der Waals surface area contributed by atoms with E-state index in [1.807, 2.05) is 0 Å². The summed E-state index contributed by atoms with van der Waals surface area (Å²) in [7, 11) is 0. The van der Waals surface area contributed by atoms with Crippen LogP contribution in [0.25, 0.3) is 0 Å². The van der Waals surface area contributed by atoms with Gasteiger partial charge >= 0.3 is 0 Å². The predicted molar refractivity (Wildman–Crippen MR) is 52.0 cm³/mol. The van der Waals surface area contributed by atoms with E-state index in [0.29, 0.717) is 5.56 Å². The van der Waals surface area contributed by atoms with Crippen LogP contribution in [0.1, 0.15) is 17.3 Å². The zero-order chi connectivity index (χ0) is 9.84. The summed E-state index contributed by atoms with van der Waals surface area (Å²) in [6.45, 7) is 1.37. The Hall–Kier alpha value is -1.03. The predicted octanol–water partition coefficient (Wildman–Crippen LogP) is 1.62. The molecule has 1 heterocycles. The second kappa shape index (κ2) is 4.28. The number of hydrogen-bond acceptors (Lipinski definition) is 3. The molecule has 3 nitrogen and oxygen atoms in total. The number of carbonyl (C=O) groups is 2. The van der Waals surface area contributed by atoms with Gasteiger partial charge in [-0.3, -0.25) is 14.6 Å². The minimum atomic E-state index is -0.741. The van der Waals surface area contributed by atoms with E-state index in [0.717, 1.165) is 0 Å². The van der Waals surface area contributed by atoms with Crippen molar-refractivity contribution < 1.29 is 9.59 Å². The SMILES string of the molecule is CC(=O)C(Br)C(=O)c1ccncc1. The maximum absolute atomic E-state index is 11.5. The molecule has 1 aromatic rings. The van der Waals surface area contributed by atoms with E-state index < -0.39 is 4.83 Å². The number of ketones is 2. The summed E-state index contributed by atoms with van der Waals surface area (Å²) >= 11 is 3.02. The molecule has 68 valence electrons. The summed E-state index contributed by atoms with van der Waals surface area (Å²) in [5.41, 5.74) is 0.493. The van der Waals surface area contributed by atoms with Gasteiger partial charge in [0.05, 0.1) is 0 Å². The first-order chi connectivity index (χ1) is 6.13. The van der Waals surface area contributed by atoms with E-state index in [2.05, 4.69) is 20.9 Å². The van der Waals surface area contributed by atoms with Crippen molar-refractivity contribution in [2.45, 2.75) is 11.8 Å². The van der Waals surface area contributed by atoms with Crippen molar-refractivity contribution >= 4 is 27.5 Å². The minimum Gasteiger partial charge on any atom is -0.298 e. The molecule has 1 aromatic heterocycles. The summed E-state index contributed by atoms with van der Waals surface area (Å²) in [6, 6.07) is 3.17. The molecule has 13 heavy (non-hydrogen) atoms. The topological polar surface area (TPSA) is 47.0 Å². The van der Waals surface area contributed by atoms with E-state index in [4.69, 9.17) is 0 Å². The van der Waals surface area contributed by atoms with E-state index in [-0.39, 0.29) is 11.6 Å². The van der Waals surface area contributed by atoms with Crippen molar-refractivity contribution in [3.05, 3.63) is 30.1 Å². The van der Waals surface area contributed by atoms with Crippen LogP contribution in [0.4, 0.5) is 0 Å². The Morgan fingerprint density at radius 2 is 1.92 bits per heavy atom. The smallest absolute Gasteiger partial charge is 0.184 e. The third kappa shape index (κ3) is 2.45. The van der Waals surface area contributed by atoms with Crippen LogP contribution in [-0.2, 0) is 4.79 Å². The van der Waals surface area contributed by atoms with Crippen molar-refractivity contribution in [1.82, 2.24) is 4.98 Å². The Morgan fingerprint density at radius 1 is 1.38 bits per heavy atom. The van der Waals surface area contributed by atoms with Crippen LogP contribution in [0.3, 0.4) is 0 Å². The number of rotatable bonds is 3. The highest BCUT2D eigenvalue weighted by molar-refractivity contribution is 9.10. The molecule has 0 saturated heterocycles. The second-order valence-corrected chi connectivity index (χ2v) is 3.49. The van der Waals surface area contributed by atoms with Gasteiger partial charge in [-0.1, -0.05) is 15.9 Å². The number of hydrogen-bond donors (Lipinski definition) is 0. The van der Waals surface area contributed by atoms with Crippen LogP contribution in [0.5, 0.6) is 0 Å². The number of Topliss-reactive ketones (excluding diaryl/α,β-unsaturated/α-hetero) is 2. The third-order valence-corrected chi connectivity index (χ3v) is 2.61. The van der Waals surface area contributed by atoms with Crippen molar-refractivity contribution in [2.24, 2.45) is 0 Å². The lowest BCUT2D eigenvalue weighted by Gasteiger charge is -2.03. The molecule has 0 aliphatic carbocycles. The van der Waals surface area contributed by atoms with E-state index in [1.165, 1.54) is 19.3 Å². The summed E-state index contributed by atoms with van der Waals surface area (Å²) in [4.78, 5) is 25.4. The largest absolute Gasteiger partial charge is 0.298 e. The monoisotopic (exact) mass is 241 g/mol. The Balaban J connectivity index is 2.86. The number of carbonyl (C=O) groups excluding carboxylic acids is 2. The quantitative estimate of drug-likeness (QED) is 0.459. The molecular weight excluding hydrogens is 234 g/mol. The van der Waals surface area contributed by atoms with Crippen LogP contribution in [0.2, 0.25) is 0 Å². The zero-order valence-electron chi connectivity index (χ0n) is 7.03. The van der Waals surface area contributed by atoms with Gasteiger partial charge in [-0.25, -0.2) is 0 Å². The maximum Gasteiger partial charge on any atom is 0.184 e. The lowest BCUT2D eigenvalue weighted by molar-refractivity contribution is -0.115. The van der Waals surface area contributed by atoms with Crippen molar-refractivity contribution in [3.63, 3.8) is 0 Å². The molecule has 0 aromatic carbocycles. The van der Waals surface area contributed by atoms with Gasteiger partial charge in [0.2, 0.25) is 0 Å². The fourth-order valence-corrected chi connectivity index (χ4v) is 1.11. The molecule has 0 aliphatic rings. The number of halogens is 1. The highest BCUT2D eigenvalue weighted by Gasteiger charge is 2.20. The lowest BCUT2D eigenvalue weighted by Crippen LogP contribution is -2.21. The molecule has 0 spiro atoms. The molecule has 0 radical (unpaired) electrons. The van der Waals surface area contributed by atoms with E-state index in [1.54, 1.807) is 12.1 Å². The average Bonchev–Trinajstić information content (AvgIpc) is 2.17. The van der Waals surface area contributed by atoms with Gasteiger partial charge in [0, 0.05) is 18.0 Å². The molecular formula is C9H8BrNO2. The number of nitrogens with zero attached hydrogens (tertiary/aromatic N) is 1. The molecule has 0 fully saturated rings. The molecule has 0 saturated carbocycles. The van der Waals surface area contributed by atoms with Crippen molar-refractivity contribution in [3.8, 4) is 0 Å². The van der Waals surface area contributed by atoms with Crippen molar-refractivity contribution in [2.75, 3.05) is 0 Å². The Kier molecular flexibility index (Phi) is 3.31. The highest BCUT2D eigenvalue weighted by Crippen LogP contribution is 2.10. The molecule has 1 rings (SSSR count). The van der Waals surface area contributed by atoms with Gasteiger partial charge in [-0.2, -0.15) is 0 Å². The molecule has 1 unspecified atom stereocenters. The third-order valence-electron chi connectivity index (χ3n) is 1.55. The number of pyridine rings is 1. The fraction of sp³-hybridized carbons (Fsp3) is 0.222. The molecule has 0 bridgehead atoms. The second-order valence-electron chi connectivity index (χ2n) is 2.57. The lowest BCUT2D eigenvalue weighted by atomic mass is 10.1.